The van der Waals surface area contributed by atoms with Crippen LogP contribution in [-0.2, 0) is 0 Å². The summed E-state index contributed by atoms with van der Waals surface area (Å²) in [5.41, 5.74) is 0.900. The Kier molecular flexibility index (Phi) is 4.20. The number of benzene rings is 1. The molecule has 0 radical (unpaired) electrons. The van der Waals surface area contributed by atoms with Crippen LogP contribution in [0.3, 0.4) is 0 Å². The smallest absolute Gasteiger partial charge is 0.225 e. The van der Waals surface area contributed by atoms with E-state index in [1.165, 1.54) is 0 Å². The van der Waals surface area contributed by atoms with Gasteiger partial charge in [-0.25, -0.2) is 0 Å². The molecule has 0 aliphatic rings. The van der Waals surface area contributed by atoms with E-state index in [0.29, 0.717) is 11.0 Å². The summed E-state index contributed by atoms with van der Waals surface area (Å²) < 4.78 is 5.90. The first kappa shape index (κ1) is 12.9. The van der Waals surface area contributed by atoms with Crippen molar-refractivity contribution in [1.82, 2.24) is 0 Å². The van der Waals surface area contributed by atoms with E-state index in [0.717, 1.165) is 11.3 Å². The average Bonchev–Trinajstić information content (AvgIpc) is 2.27. The maximum atomic E-state index is 5.90. The van der Waals surface area contributed by atoms with E-state index >= 15 is 0 Å². The SMILES string of the molecule is C#Cc1ccc(O[SiH2]C(C)(C)C(C)C)cc1. The van der Waals surface area contributed by atoms with Gasteiger partial charge in [-0.2, -0.15) is 0 Å². The van der Waals surface area contributed by atoms with E-state index in [1.54, 1.807) is 0 Å². The molecule has 1 nitrogen and oxygen atoms in total. The third kappa shape index (κ3) is 3.43. The van der Waals surface area contributed by atoms with Crippen LogP contribution in [0.4, 0.5) is 0 Å². The minimum atomic E-state index is -0.577. The highest BCUT2D eigenvalue weighted by atomic mass is 28.2. The minimum Gasteiger partial charge on any atom is -0.549 e. The van der Waals surface area contributed by atoms with Crippen molar-refractivity contribution in [2.75, 3.05) is 0 Å². The second kappa shape index (κ2) is 5.22. The lowest BCUT2D eigenvalue weighted by Gasteiger charge is -2.28. The summed E-state index contributed by atoms with van der Waals surface area (Å²) in [4.78, 5) is 0. The number of hydrogen-bond donors (Lipinski definition) is 0. The Bertz CT molecular complexity index is 371. The van der Waals surface area contributed by atoms with Crippen molar-refractivity contribution in [2.45, 2.75) is 32.7 Å². The maximum absolute atomic E-state index is 5.90. The summed E-state index contributed by atoms with van der Waals surface area (Å²) in [5.74, 6) is 4.20. The van der Waals surface area contributed by atoms with Crippen molar-refractivity contribution in [3.63, 3.8) is 0 Å². The molecule has 0 aliphatic heterocycles. The van der Waals surface area contributed by atoms with Gasteiger partial charge >= 0.3 is 0 Å². The molecule has 0 heterocycles. The van der Waals surface area contributed by atoms with E-state index in [9.17, 15) is 0 Å². The monoisotopic (exact) mass is 232 g/mol. The molecule has 1 aromatic rings. The number of terminal acetylenes is 1. The predicted molar refractivity (Wildman–Crippen MR) is 72.4 cm³/mol. The largest absolute Gasteiger partial charge is 0.549 e. The van der Waals surface area contributed by atoms with Gasteiger partial charge in [-0.05, 0) is 35.2 Å². The van der Waals surface area contributed by atoms with E-state index in [4.69, 9.17) is 10.8 Å². The molecule has 0 atom stereocenters. The third-order valence-corrected chi connectivity index (χ3v) is 5.23. The first-order chi connectivity index (χ1) is 7.45. The topological polar surface area (TPSA) is 9.23 Å². The second-order valence-corrected chi connectivity index (χ2v) is 7.50. The minimum absolute atomic E-state index is 0.324. The van der Waals surface area contributed by atoms with Gasteiger partial charge in [0, 0.05) is 5.56 Å². The predicted octanol–water partition coefficient (Wildman–Crippen LogP) is 2.99. The molecule has 0 aromatic heterocycles. The Labute approximate surface area is 101 Å². The summed E-state index contributed by atoms with van der Waals surface area (Å²) in [7, 11) is -0.577. The summed E-state index contributed by atoms with van der Waals surface area (Å²) in [6.45, 7) is 9.05. The zero-order valence-electron chi connectivity index (χ0n) is 10.6. The quantitative estimate of drug-likeness (QED) is 0.573. The molecule has 1 rings (SSSR count). The summed E-state index contributed by atoms with van der Waals surface area (Å²) >= 11 is 0. The van der Waals surface area contributed by atoms with Crippen LogP contribution in [0.25, 0.3) is 0 Å². The molecule has 0 saturated heterocycles. The molecule has 16 heavy (non-hydrogen) atoms. The molecular formula is C14H20OSi. The fourth-order valence-electron chi connectivity index (χ4n) is 1.08. The molecule has 86 valence electrons. The normalized spacial score (nSPS) is 12.0. The fourth-order valence-corrected chi connectivity index (χ4v) is 2.15. The van der Waals surface area contributed by atoms with Crippen LogP contribution in [0, 0.1) is 18.3 Å². The van der Waals surface area contributed by atoms with E-state index in [1.807, 2.05) is 24.3 Å². The van der Waals surface area contributed by atoms with Crippen LogP contribution < -0.4 is 4.43 Å². The van der Waals surface area contributed by atoms with Gasteiger partial charge in [0.05, 0.1) is 0 Å². The Hall–Kier alpha value is -1.20. The molecule has 0 fully saturated rings. The Morgan fingerprint density at radius 3 is 2.25 bits per heavy atom. The number of hydrogen-bond acceptors (Lipinski definition) is 1. The molecule has 0 aliphatic carbocycles. The van der Waals surface area contributed by atoms with E-state index < -0.39 is 9.76 Å². The molecule has 0 spiro atoms. The summed E-state index contributed by atoms with van der Waals surface area (Å²) in [6, 6.07) is 7.76. The molecule has 0 amide bonds. The van der Waals surface area contributed by atoms with Crippen LogP contribution in [0.15, 0.2) is 24.3 Å². The van der Waals surface area contributed by atoms with Gasteiger partial charge in [0.25, 0.3) is 0 Å². The highest BCUT2D eigenvalue weighted by Gasteiger charge is 2.24. The van der Waals surface area contributed by atoms with Crippen LogP contribution in [0.2, 0.25) is 5.04 Å². The summed E-state index contributed by atoms with van der Waals surface area (Å²) in [6.07, 6.45) is 5.30. The lowest BCUT2D eigenvalue weighted by atomic mass is 9.99. The van der Waals surface area contributed by atoms with Gasteiger partial charge in [-0.1, -0.05) is 33.6 Å². The Morgan fingerprint density at radius 2 is 1.81 bits per heavy atom. The van der Waals surface area contributed by atoms with Crippen LogP contribution in [0.1, 0.15) is 33.3 Å². The highest BCUT2D eigenvalue weighted by molar-refractivity contribution is 6.33. The molecule has 0 saturated carbocycles. The second-order valence-electron chi connectivity index (χ2n) is 5.10. The Balaban J connectivity index is 2.59. The first-order valence-electron chi connectivity index (χ1n) is 5.65. The maximum Gasteiger partial charge on any atom is 0.225 e. The van der Waals surface area contributed by atoms with E-state index in [2.05, 4.69) is 33.6 Å². The Morgan fingerprint density at radius 1 is 1.25 bits per heavy atom. The van der Waals surface area contributed by atoms with Crippen LogP contribution >= 0.6 is 0 Å². The van der Waals surface area contributed by atoms with Gasteiger partial charge in [0.15, 0.2) is 0 Å². The van der Waals surface area contributed by atoms with Crippen molar-refractivity contribution in [3.05, 3.63) is 29.8 Å². The van der Waals surface area contributed by atoms with Crippen LogP contribution in [0.5, 0.6) is 5.75 Å². The molecule has 1 aromatic carbocycles. The van der Waals surface area contributed by atoms with E-state index in [-0.39, 0.29) is 0 Å². The van der Waals surface area contributed by atoms with Crippen molar-refractivity contribution >= 4 is 9.76 Å². The first-order valence-corrected chi connectivity index (χ1v) is 6.93. The van der Waals surface area contributed by atoms with Crippen molar-refractivity contribution < 1.29 is 4.43 Å². The van der Waals surface area contributed by atoms with Gasteiger partial charge in [0.2, 0.25) is 9.76 Å². The van der Waals surface area contributed by atoms with Gasteiger partial charge in [-0.3, -0.25) is 0 Å². The lowest BCUT2D eigenvalue weighted by molar-refractivity contribution is 0.428. The molecular weight excluding hydrogens is 212 g/mol. The highest BCUT2D eigenvalue weighted by Crippen LogP contribution is 2.33. The number of rotatable bonds is 4. The zero-order chi connectivity index (χ0) is 12.2. The van der Waals surface area contributed by atoms with Crippen molar-refractivity contribution in [1.29, 1.82) is 0 Å². The van der Waals surface area contributed by atoms with Gasteiger partial charge < -0.3 is 4.43 Å². The third-order valence-electron chi connectivity index (χ3n) is 3.19. The molecule has 0 N–H and O–H groups in total. The lowest BCUT2D eigenvalue weighted by Crippen LogP contribution is -2.24. The summed E-state index contributed by atoms with van der Waals surface area (Å²) in [5, 5.41) is 0.324. The van der Waals surface area contributed by atoms with Gasteiger partial charge in [-0.15, -0.1) is 6.42 Å². The van der Waals surface area contributed by atoms with Gasteiger partial charge in [0.1, 0.15) is 5.75 Å². The zero-order valence-corrected chi connectivity index (χ0v) is 12.0. The van der Waals surface area contributed by atoms with Crippen molar-refractivity contribution in [2.24, 2.45) is 5.92 Å². The van der Waals surface area contributed by atoms with Crippen molar-refractivity contribution in [3.8, 4) is 18.1 Å². The standard InChI is InChI=1S/C14H20OSi/c1-6-12-7-9-13(10-8-12)15-16-14(4,5)11(2)3/h1,7-11H,16H2,2-5H3. The molecule has 0 unspecified atom stereocenters. The molecule has 2 heteroatoms. The average molecular weight is 232 g/mol. The molecule has 0 bridgehead atoms. The van der Waals surface area contributed by atoms with Crippen LogP contribution in [-0.4, -0.2) is 9.76 Å². The fraction of sp³-hybridized carbons (Fsp3) is 0.429.